The standard InChI is InChI=1S/C29H31F3N4O5/c1-2-36(29(40)41-20-6-4-19(30)5-7-20)25-16-35(15-21(25)18-3-8-22(31)23(32)13-18)27(38)17-9-11-34(12-10-17)28(39)24-14-26(37)33-24/h3-8,13,17,21,24-25H,2,9-12,14-16H2,1H3,(H,33,37)/t21-,24-,25+/m0/s1. The van der Waals surface area contributed by atoms with Gasteiger partial charge in [-0.05, 0) is 61.7 Å². The molecule has 0 saturated carbocycles. The van der Waals surface area contributed by atoms with Gasteiger partial charge in [0, 0.05) is 44.6 Å². The topological polar surface area (TPSA) is 99.3 Å². The van der Waals surface area contributed by atoms with Gasteiger partial charge in [-0.25, -0.2) is 18.0 Å². The van der Waals surface area contributed by atoms with E-state index in [1.54, 1.807) is 16.7 Å². The Morgan fingerprint density at radius 3 is 2.24 bits per heavy atom. The van der Waals surface area contributed by atoms with Crippen LogP contribution in [0.4, 0.5) is 18.0 Å². The van der Waals surface area contributed by atoms with E-state index >= 15 is 0 Å². The molecule has 0 radical (unpaired) electrons. The molecule has 1 N–H and O–H groups in total. The van der Waals surface area contributed by atoms with E-state index in [4.69, 9.17) is 4.74 Å². The van der Waals surface area contributed by atoms with E-state index in [1.165, 1.54) is 35.2 Å². The zero-order chi connectivity index (χ0) is 29.3. The van der Waals surface area contributed by atoms with Crippen molar-refractivity contribution in [2.45, 2.75) is 44.2 Å². The molecule has 3 aliphatic heterocycles. The Kier molecular flexibility index (Phi) is 8.18. The van der Waals surface area contributed by atoms with Gasteiger partial charge in [-0.1, -0.05) is 6.07 Å². The fourth-order valence-electron chi connectivity index (χ4n) is 5.85. The van der Waals surface area contributed by atoms with Crippen molar-refractivity contribution in [3.05, 3.63) is 65.5 Å². The summed E-state index contributed by atoms with van der Waals surface area (Å²) in [4.78, 5) is 55.3. The Hall–Kier alpha value is -4.09. The van der Waals surface area contributed by atoms with Crippen molar-refractivity contribution in [2.75, 3.05) is 32.7 Å². The van der Waals surface area contributed by atoms with Gasteiger partial charge in [0.05, 0.1) is 12.5 Å². The number of hydrogen-bond acceptors (Lipinski definition) is 5. The largest absolute Gasteiger partial charge is 0.415 e. The van der Waals surface area contributed by atoms with Crippen molar-refractivity contribution in [3.8, 4) is 5.75 Å². The van der Waals surface area contributed by atoms with Crippen molar-refractivity contribution in [3.63, 3.8) is 0 Å². The van der Waals surface area contributed by atoms with Gasteiger partial charge in [0.25, 0.3) is 0 Å². The van der Waals surface area contributed by atoms with Crippen LogP contribution >= 0.6 is 0 Å². The monoisotopic (exact) mass is 572 g/mol. The number of carbonyl (C=O) groups is 4. The number of amides is 4. The number of ether oxygens (including phenoxy) is 1. The maximum Gasteiger partial charge on any atom is 0.415 e. The highest BCUT2D eigenvalue weighted by Gasteiger charge is 2.44. The second-order valence-corrected chi connectivity index (χ2v) is 10.6. The zero-order valence-electron chi connectivity index (χ0n) is 22.5. The van der Waals surface area contributed by atoms with Crippen LogP contribution in [0.1, 0.15) is 37.7 Å². The minimum atomic E-state index is -1.03. The van der Waals surface area contributed by atoms with Crippen molar-refractivity contribution < 1.29 is 37.1 Å². The predicted octanol–water partition coefficient (Wildman–Crippen LogP) is 3.05. The highest BCUT2D eigenvalue weighted by atomic mass is 19.2. The molecular weight excluding hydrogens is 541 g/mol. The van der Waals surface area contributed by atoms with Crippen molar-refractivity contribution in [1.29, 1.82) is 0 Å². The lowest BCUT2D eigenvalue weighted by atomic mass is 9.93. The second-order valence-electron chi connectivity index (χ2n) is 10.6. The van der Waals surface area contributed by atoms with Gasteiger partial charge < -0.3 is 24.8 Å². The quantitative estimate of drug-likeness (QED) is 0.537. The molecule has 0 unspecified atom stereocenters. The third kappa shape index (κ3) is 6.01. The van der Waals surface area contributed by atoms with Crippen molar-refractivity contribution in [1.82, 2.24) is 20.0 Å². The number of piperidine rings is 1. The summed E-state index contributed by atoms with van der Waals surface area (Å²) in [5.74, 6) is -3.65. The Morgan fingerprint density at radius 2 is 1.63 bits per heavy atom. The molecule has 5 rings (SSSR count). The lowest BCUT2D eigenvalue weighted by molar-refractivity contribution is -0.146. The molecular formula is C29H31F3N4O5. The molecule has 218 valence electrons. The van der Waals surface area contributed by atoms with Crippen molar-refractivity contribution >= 4 is 23.8 Å². The number of benzene rings is 2. The molecule has 41 heavy (non-hydrogen) atoms. The summed E-state index contributed by atoms with van der Waals surface area (Å²) in [6.45, 7) is 3.07. The fraction of sp³-hybridized carbons (Fsp3) is 0.448. The molecule has 0 aromatic heterocycles. The molecule has 3 aliphatic rings. The van der Waals surface area contributed by atoms with Gasteiger partial charge in [-0.15, -0.1) is 0 Å². The van der Waals surface area contributed by atoms with Gasteiger partial charge in [0.15, 0.2) is 11.6 Å². The van der Waals surface area contributed by atoms with E-state index in [1.807, 2.05) is 0 Å². The summed E-state index contributed by atoms with van der Waals surface area (Å²) in [5, 5.41) is 2.58. The summed E-state index contributed by atoms with van der Waals surface area (Å²) in [6.07, 6.45) is 0.370. The summed E-state index contributed by atoms with van der Waals surface area (Å²) in [5.41, 5.74) is 0.445. The van der Waals surface area contributed by atoms with Gasteiger partial charge in [-0.2, -0.15) is 0 Å². The number of likely N-dealkylation sites (N-methyl/N-ethyl adjacent to an activating group) is 1. The molecule has 3 atom stereocenters. The van der Waals surface area contributed by atoms with Crippen LogP contribution in [0.15, 0.2) is 42.5 Å². The molecule has 3 fully saturated rings. The first-order chi connectivity index (χ1) is 19.6. The smallest absolute Gasteiger partial charge is 0.410 e. The number of halogens is 3. The SMILES string of the molecule is CCN(C(=O)Oc1ccc(F)cc1)[C@@H]1CN(C(=O)C2CCN(C(=O)[C@@H]3CC(=O)N3)CC2)C[C@H]1c1ccc(F)c(F)c1. The Morgan fingerprint density at radius 1 is 0.951 bits per heavy atom. The van der Waals surface area contributed by atoms with E-state index in [0.717, 1.165) is 12.1 Å². The summed E-state index contributed by atoms with van der Waals surface area (Å²) in [7, 11) is 0. The highest BCUT2D eigenvalue weighted by Crippen LogP contribution is 2.34. The molecule has 0 aliphatic carbocycles. The normalized spacial score (nSPS) is 22.6. The first-order valence-corrected chi connectivity index (χ1v) is 13.7. The number of hydrogen-bond donors (Lipinski definition) is 1. The summed E-state index contributed by atoms with van der Waals surface area (Å²) >= 11 is 0. The molecule has 12 heteroatoms. The molecule has 2 aromatic rings. The third-order valence-corrected chi connectivity index (χ3v) is 8.15. The van der Waals surface area contributed by atoms with Crippen LogP contribution in [0.5, 0.6) is 5.75 Å². The zero-order valence-corrected chi connectivity index (χ0v) is 22.5. The molecule has 3 heterocycles. The van der Waals surface area contributed by atoms with E-state index < -0.39 is 41.5 Å². The van der Waals surface area contributed by atoms with Crippen LogP contribution in [0.2, 0.25) is 0 Å². The Labute approximate surface area is 235 Å². The first-order valence-electron chi connectivity index (χ1n) is 13.7. The van der Waals surface area contributed by atoms with Gasteiger partial charge in [0.1, 0.15) is 17.6 Å². The lowest BCUT2D eigenvalue weighted by Crippen LogP contribution is -2.59. The summed E-state index contributed by atoms with van der Waals surface area (Å²) < 4.78 is 46.8. The van der Waals surface area contributed by atoms with Crippen molar-refractivity contribution in [2.24, 2.45) is 5.92 Å². The number of carbonyl (C=O) groups excluding carboxylic acids is 4. The number of rotatable bonds is 6. The minimum Gasteiger partial charge on any atom is -0.410 e. The fourth-order valence-corrected chi connectivity index (χ4v) is 5.85. The number of nitrogens with zero attached hydrogens (tertiary/aromatic N) is 3. The maximum absolute atomic E-state index is 14.2. The van der Waals surface area contributed by atoms with E-state index in [-0.39, 0.29) is 55.4 Å². The van der Waals surface area contributed by atoms with Crippen LogP contribution in [0.3, 0.4) is 0 Å². The molecule has 0 spiro atoms. The van der Waals surface area contributed by atoms with Crippen LogP contribution in [-0.2, 0) is 14.4 Å². The molecule has 2 aromatic carbocycles. The highest BCUT2D eigenvalue weighted by molar-refractivity contribution is 5.97. The first kappa shape index (κ1) is 28.4. The minimum absolute atomic E-state index is 0.132. The molecule has 0 bridgehead atoms. The van der Waals surface area contributed by atoms with Crippen LogP contribution in [0.25, 0.3) is 0 Å². The Bertz CT molecular complexity index is 1320. The summed E-state index contributed by atoms with van der Waals surface area (Å²) in [6, 6.07) is 7.46. The van der Waals surface area contributed by atoms with Gasteiger partial charge in [0.2, 0.25) is 17.7 Å². The number of nitrogens with one attached hydrogen (secondary N) is 1. The number of β-lactam (4-membered cyclic amide) rings is 1. The van der Waals surface area contributed by atoms with Gasteiger partial charge >= 0.3 is 6.09 Å². The predicted molar refractivity (Wildman–Crippen MR) is 140 cm³/mol. The van der Waals surface area contributed by atoms with Gasteiger partial charge in [-0.3, -0.25) is 14.4 Å². The molecule has 4 amide bonds. The average molecular weight is 573 g/mol. The van der Waals surface area contributed by atoms with E-state index in [9.17, 15) is 32.3 Å². The lowest BCUT2D eigenvalue weighted by Gasteiger charge is -2.37. The van der Waals surface area contributed by atoms with Crippen LogP contribution < -0.4 is 10.1 Å². The number of likely N-dealkylation sites (tertiary alicyclic amines) is 2. The van der Waals surface area contributed by atoms with Crippen LogP contribution in [0, 0.1) is 23.4 Å². The molecule has 3 saturated heterocycles. The van der Waals surface area contributed by atoms with E-state index in [2.05, 4.69) is 5.32 Å². The molecule has 9 nitrogen and oxygen atoms in total. The second kappa shape index (κ2) is 11.8. The Balaban J connectivity index is 1.30. The maximum atomic E-state index is 14.2. The van der Waals surface area contributed by atoms with Crippen LogP contribution in [-0.4, -0.2) is 83.3 Å². The van der Waals surface area contributed by atoms with E-state index in [0.29, 0.717) is 31.5 Å². The average Bonchev–Trinajstić information content (AvgIpc) is 3.38. The third-order valence-electron chi connectivity index (χ3n) is 8.15.